The molecule has 0 aliphatic carbocycles. The topological polar surface area (TPSA) is 40.5 Å². The molecule has 0 saturated carbocycles. The Hall–Kier alpha value is -0.990. The van der Waals surface area contributed by atoms with E-state index >= 15 is 0 Å². The summed E-state index contributed by atoms with van der Waals surface area (Å²) in [5.74, 6) is 0.164. The molecule has 1 rings (SSSR count). The quantitative estimate of drug-likeness (QED) is 0.739. The highest BCUT2D eigenvalue weighted by Crippen LogP contribution is 2.21. The number of phenols is 1. The van der Waals surface area contributed by atoms with Gasteiger partial charge in [0.05, 0.1) is 6.61 Å². The molecule has 0 amide bonds. The van der Waals surface area contributed by atoms with Gasteiger partial charge in [-0.2, -0.15) is 0 Å². The number of benzene rings is 1. The van der Waals surface area contributed by atoms with Crippen molar-refractivity contribution in [3.63, 3.8) is 0 Å². The van der Waals surface area contributed by atoms with Crippen molar-refractivity contribution < 1.29 is 10.2 Å². The van der Waals surface area contributed by atoms with Crippen LogP contribution in [0.5, 0.6) is 5.75 Å². The smallest absolute Gasteiger partial charge is 0.116 e. The lowest BCUT2D eigenvalue weighted by molar-refractivity contribution is 0.343. The lowest BCUT2D eigenvalue weighted by Gasteiger charge is -1.98. The molecule has 0 radical (unpaired) electrons. The summed E-state index contributed by atoms with van der Waals surface area (Å²) in [5, 5.41) is 18.1. The number of aliphatic hydroxyl groups excluding tert-OH is 1. The van der Waals surface area contributed by atoms with Gasteiger partial charge in [0.25, 0.3) is 0 Å². The molecule has 3 heteroatoms. The first kappa shape index (κ1) is 9.10. The molecular weight excluding hydrogens is 176 g/mol. The molecule has 0 heterocycles. The lowest BCUT2D eigenvalue weighted by atomic mass is 10.2. The van der Waals surface area contributed by atoms with E-state index in [0.717, 1.165) is 0 Å². The first-order chi connectivity index (χ1) is 5.74. The van der Waals surface area contributed by atoms with E-state index in [-0.39, 0.29) is 12.4 Å². The minimum Gasteiger partial charge on any atom is -0.508 e. The van der Waals surface area contributed by atoms with Gasteiger partial charge in [-0.15, -0.1) is 0 Å². The molecule has 0 fully saturated rings. The van der Waals surface area contributed by atoms with Gasteiger partial charge < -0.3 is 10.2 Å². The fraction of sp³-hybridized carbons (Fsp3) is 0.111. The highest BCUT2D eigenvalue weighted by Gasteiger charge is 1.96. The van der Waals surface area contributed by atoms with Crippen LogP contribution in [0.25, 0.3) is 6.08 Å². The minimum atomic E-state index is -0.0357. The van der Waals surface area contributed by atoms with E-state index in [1.54, 1.807) is 18.2 Å². The van der Waals surface area contributed by atoms with Gasteiger partial charge in [-0.25, -0.2) is 0 Å². The number of aromatic hydroxyl groups is 1. The number of hydrogen-bond acceptors (Lipinski definition) is 2. The van der Waals surface area contributed by atoms with E-state index in [1.165, 1.54) is 12.1 Å². The Labute approximate surface area is 75.7 Å². The summed E-state index contributed by atoms with van der Waals surface area (Å²) < 4.78 is 0. The third-order valence-electron chi connectivity index (χ3n) is 1.38. The Morgan fingerprint density at radius 1 is 1.42 bits per heavy atom. The second kappa shape index (κ2) is 4.14. The SMILES string of the molecule is OCC=Cc1cc(O)ccc1Cl. The van der Waals surface area contributed by atoms with Crippen LogP contribution in [0.1, 0.15) is 5.56 Å². The second-order valence-corrected chi connectivity index (χ2v) is 2.70. The average Bonchev–Trinajstić information content (AvgIpc) is 2.07. The van der Waals surface area contributed by atoms with Crippen LogP contribution in [0.2, 0.25) is 5.02 Å². The standard InChI is InChI=1S/C9H9ClO2/c10-9-4-3-8(12)6-7(9)2-1-5-11/h1-4,6,11-12H,5H2. The molecule has 12 heavy (non-hydrogen) atoms. The molecule has 1 aromatic rings. The van der Waals surface area contributed by atoms with E-state index in [1.807, 2.05) is 0 Å². The Morgan fingerprint density at radius 3 is 2.83 bits per heavy atom. The summed E-state index contributed by atoms with van der Waals surface area (Å²) in [6.07, 6.45) is 3.21. The molecule has 0 bridgehead atoms. The van der Waals surface area contributed by atoms with Crippen LogP contribution in [0, 0.1) is 0 Å². The van der Waals surface area contributed by atoms with Crippen molar-refractivity contribution >= 4 is 17.7 Å². The highest BCUT2D eigenvalue weighted by atomic mass is 35.5. The van der Waals surface area contributed by atoms with Crippen LogP contribution in [0.3, 0.4) is 0 Å². The van der Waals surface area contributed by atoms with Crippen LogP contribution in [-0.4, -0.2) is 16.8 Å². The van der Waals surface area contributed by atoms with Gasteiger partial charge in [0.1, 0.15) is 5.75 Å². The maximum absolute atomic E-state index is 9.08. The van der Waals surface area contributed by atoms with Crippen molar-refractivity contribution in [2.45, 2.75) is 0 Å². The summed E-state index contributed by atoms with van der Waals surface area (Å²) >= 11 is 5.79. The number of halogens is 1. The van der Waals surface area contributed by atoms with Crippen LogP contribution in [0.15, 0.2) is 24.3 Å². The molecule has 0 aliphatic rings. The molecule has 64 valence electrons. The third-order valence-corrected chi connectivity index (χ3v) is 1.73. The normalized spacial score (nSPS) is 10.8. The van der Waals surface area contributed by atoms with E-state index in [9.17, 15) is 0 Å². The van der Waals surface area contributed by atoms with Gasteiger partial charge in [-0.3, -0.25) is 0 Å². The van der Waals surface area contributed by atoms with Crippen molar-refractivity contribution in [3.8, 4) is 5.75 Å². The average molecular weight is 185 g/mol. The zero-order valence-corrected chi connectivity index (χ0v) is 7.12. The molecule has 1 aromatic carbocycles. The van der Waals surface area contributed by atoms with E-state index in [0.29, 0.717) is 10.6 Å². The molecule has 0 atom stereocenters. The largest absolute Gasteiger partial charge is 0.508 e. The summed E-state index contributed by atoms with van der Waals surface area (Å²) in [4.78, 5) is 0. The van der Waals surface area contributed by atoms with Gasteiger partial charge in [-0.05, 0) is 23.8 Å². The van der Waals surface area contributed by atoms with E-state index < -0.39 is 0 Å². The Bertz CT molecular complexity index is 295. The van der Waals surface area contributed by atoms with Crippen molar-refractivity contribution in [1.29, 1.82) is 0 Å². The molecule has 0 aromatic heterocycles. The molecule has 0 aliphatic heterocycles. The fourth-order valence-electron chi connectivity index (χ4n) is 0.839. The van der Waals surface area contributed by atoms with Crippen molar-refractivity contribution in [2.24, 2.45) is 0 Å². The first-order valence-corrected chi connectivity index (χ1v) is 3.88. The summed E-state index contributed by atoms with van der Waals surface area (Å²) in [7, 11) is 0. The number of phenolic OH excluding ortho intramolecular Hbond substituents is 1. The summed E-state index contributed by atoms with van der Waals surface area (Å²) in [6.45, 7) is -0.0357. The van der Waals surface area contributed by atoms with Gasteiger partial charge >= 0.3 is 0 Å². The Morgan fingerprint density at radius 2 is 2.17 bits per heavy atom. The third kappa shape index (κ3) is 2.26. The predicted molar refractivity (Wildman–Crippen MR) is 49.2 cm³/mol. The van der Waals surface area contributed by atoms with Crippen molar-refractivity contribution in [3.05, 3.63) is 34.9 Å². The Balaban J connectivity index is 2.97. The van der Waals surface area contributed by atoms with Gasteiger partial charge in [0, 0.05) is 5.02 Å². The predicted octanol–water partition coefficient (Wildman–Crippen LogP) is 2.05. The van der Waals surface area contributed by atoms with Gasteiger partial charge in [-0.1, -0.05) is 23.8 Å². The molecule has 2 N–H and O–H groups in total. The van der Waals surface area contributed by atoms with Crippen molar-refractivity contribution in [1.82, 2.24) is 0 Å². The van der Waals surface area contributed by atoms with Crippen LogP contribution in [0.4, 0.5) is 0 Å². The van der Waals surface area contributed by atoms with Crippen LogP contribution >= 0.6 is 11.6 Å². The lowest BCUT2D eigenvalue weighted by Crippen LogP contribution is -1.76. The number of rotatable bonds is 2. The minimum absolute atomic E-state index is 0.0357. The number of hydrogen-bond donors (Lipinski definition) is 2. The summed E-state index contributed by atoms with van der Waals surface area (Å²) in [6, 6.07) is 4.65. The molecule has 0 unspecified atom stereocenters. The zero-order chi connectivity index (χ0) is 8.97. The molecule has 0 spiro atoms. The first-order valence-electron chi connectivity index (χ1n) is 3.50. The molecule has 0 saturated heterocycles. The number of aliphatic hydroxyl groups is 1. The van der Waals surface area contributed by atoms with E-state index in [4.69, 9.17) is 21.8 Å². The van der Waals surface area contributed by atoms with E-state index in [2.05, 4.69) is 0 Å². The fourth-order valence-corrected chi connectivity index (χ4v) is 1.02. The highest BCUT2D eigenvalue weighted by molar-refractivity contribution is 6.32. The maximum Gasteiger partial charge on any atom is 0.116 e. The summed E-state index contributed by atoms with van der Waals surface area (Å²) in [5.41, 5.74) is 0.700. The molecular formula is C9H9ClO2. The molecule has 2 nitrogen and oxygen atoms in total. The van der Waals surface area contributed by atoms with Gasteiger partial charge in [0.2, 0.25) is 0 Å². The van der Waals surface area contributed by atoms with Crippen LogP contribution in [-0.2, 0) is 0 Å². The Kier molecular flexibility index (Phi) is 3.14. The zero-order valence-electron chi connectivity index (χ0n) is 6.37. The monoisotopic (exact) mass is 184 g/mol. The van der Waals surface area contributed by atoms with Crippen LogP contribution < -0.4 is 0 Å². The van der Waals surface area contributed by atoms with Gasteiger partial charge in [0.15, 0.2) is 0 Å². The van der Waals surface area contributed by atoms with Crippen molar-refractivity contribution in [2.75, 3.05) is 6.61 Å². The maximum atomic E-state index is 9.08. The second-order valence-electron chi connectivity index (χ2n) is 2.29.